The summed E-state index contributed by atoms with van der Waals surface area (Å²) in [5.74, 6) is -1.02. The first kappa shape index (κ1) is 19.7. The van der Waals surface area contributed by atoms with E-state index in [0.29, 0.717) is 28.6 Å². The number of carbonyl (C=O) groups excluding carboxylic acids is 1. The molecule has 0 aliphatic carbocycles. The van der Waals surface area contributed by atoms with E-state index >= 15 is 0 Å². The molecule has 0 saturated carbocycles. The second kappa shape index (κ2) is 8.78. The SMILES string of the molecule is CCCCN(Cc1ccccc1F)C(=O)[C@@H](C)c1n[nH]c(=O)c2ccccc12. The van der Waals surface area contributed by atoms with Crippen LogP contribution in [0.3, 0.4) is 0 Å². The first-order chi connectivity index (χ1) is 13.5. The summed E-state index contributed by atoms with van der Waals surface area (Å²) >= 11 is 0. The lowest BCUT2D eigenvalue weighted by Gasteiger charge is -2.26. The maximum absolute atomic E-state index is 14.1. The Morgan fingerprint density at radius 1 is 1.14 bits per heavy atom. The van der Waals surface area contributed by atoms with Crippen LogP contribution in [-0.2, 0) is 11.3 Å². The van der Waals surface area contributed by atoms with Crippen LogP contribution in [0.1, 0.15) is 43.9 Å². The van der Waals surface area contributed by atoms with E-state index < -0.39 is 5.92 Å². The lowest BCUT2D eigenvalue weighted by molar-refractivity contribution is -0.133. The second-order valence-corrected chi connectivity index (χ2v) is 6.91. The maximum Gasteiger partial charge on any atom is 0.272 e. The molecule has 146 valence electrons. The van der Waals surface area contributed by atoms with Crippen molar-refractivity contribution in [1.29, 1.82) is 0 Å². The number of aromatic amines is 1. The summed E-state index contributed by atoms with van der Waals surface area (Å²) in [5.41, 5.74) is 0.724. The molecule has 2 aromatic carbocycles. The Hall–Kier alpha value is -3.02. The lowest BCUT2D eigenvalue weighted by Crippen LogP contribution is -2.35. The van der Waals surface area contributed by atoms with Crippen molar-refractivity contribution in [2.75, 3.05) is 6.54 Å². The molecule has 1 aromatic heterocycles. The first-order valence-corrected chi connectivity index (χ1v) is 9.52. The molecular formula is C22H24FN3O2. The van der Waals surface area contributed by atoms with Crippen LogP contribution in [0.4, 0.5) is 4.39 Å². The van der Waals surface area contributed by atoms with Gasteiger partial charge in [-0.2, -0.15) is 5.10 Å². The van der Waals surface area contributed by atoms with Crippen molar-refractivity contribution in [1.82, 2.24) is 15.1 Å². The van der Waals surface area contributed by atoms with Crippen molar-refractivity contribution in [3.05, 3.63) is 76.0 Å². The molecule has 1 N–H and O–H groups in total. The van der Waals surface area contributed by atoms with Gasteiger partial charge in [0.1, 0.15) is 5.82 Å². The Labute approximate surface area is 163 Å². The summed E-state index contributed by atoms with van der Waals surface area (Å²) in [6.45, 7) is 4.56. The Kier molecular flexibility index (Phi) is 6.19. The van der Waals surface area contributed by atoms with Gasteiger partial charge in [0.2, 0.25) is 5.91 Å². The third kappa shape index (κ3) is 4.11. The molecule has 3 aromatic rings. The van der Waals surface area contributed by atoms with E-state index in [4.69, 9.17) is 0 Å². The molecule has 0 aliphatic heterocycles. The zero-order chi connectivity index (χ0) is 20.1. The minimum absolute atomic E-state index is 0.138. The average molecular weight is 381 g/mol. The summed E-state index contributed by atoms with van der Waals surface area (Å²) in [7, 11) is 0. The van der Waals surface area contributed by atoms with Crippen LogP contribution in [0.15, 0.2) is 53.3 Å². The molecule has 0 aliphatic rings. The summed E-state index contributed by atoms with van der Waals surface area (Å²) in [6.07, 6.45) is 1.75. The van der Waals surface area contributed by atoms with Gasteiger partial charge in [-0.3, -0.25) is 9.59 Å². The number of unbranched alkanes of at least 4 members (excludes halogenated alkanes) is 1. The van der Waals surface area contributed by atoms with Gasteiger partial charge < -0.3 is 4.90 Å². The molecule has 1 atom stereocenters. The summed E-state index contributed by atoms with van der Waals surface area (Å²) in [5, 5.41) is 7.80. The van der Waals surface area contributed by atoms with Crippen molar-refractivity contribution in [2.45, 2.75) is 39.2 Å². The fourth-order valence-corrected chi connectivity index (χ4v) is 3.31. The molecule has 0 saturated heterocycles. The molecule has 1 heterocycles. The van der Waals surface area contributed by atoms with E-state index in [9.17, 15) is 14.0 Å². The van der Waals surface area contributed by atoms with E-state index in [1.165, 1.54) is 6.07 Å². The van der Waals surface area contributed by atoms with Gasteiger partial charge in [-0.15, -0.1) is 0 Å². The monoisotopic (exact) mass is 381 g/mol. The van der Waals surface area contributed by atoms with Gasteiger partial charge in [0.15, 0.2) is 0 Å². The molecule has 3 rings (SSSR count). The highest BCUT2D eigenvalue weighted by molar-refractivity contribution is 5.91. The Bertz CT molecular complexity index is 1030. The van der Waals surface area contributed by atoms with Gasteiger partial charge in [-0.25, -0.2) is 9.49 Å². The van der Waals surface area contributed by atoms with Gasteiger partial charge in [-0.05, 0) is 25.5 Å². The van der Waals surface area contributed by atoms with Crippen LogP contribution < -0.4 is 5.56 Å². The minimum Gasteiger partial charge on any atom is -0.338 e. The summed E-state index contributed by atoms with van der Waals surface area (Å²) < 4.78 is 14.1. The van der Waals surface area contributed by atoms with Crippen molar-refractivity contribution < 1.29 is 9.18 Å². The van der Waals surface area contributed by atoms with Crippen LogP contribution in [-0.4, -0.2) is 27.5 Å². The molecule has 28 heavy (non-hydrogen) atoms. The van der Waals surface area contributed by atoms with Gasteiger partial charge in [-0.1, -0.05) is 49.7 Å². The van der Waals surface area contributed by atoms with E-state index in [2.05, 4.69) is 10.2 Å². The smallest absolute Gasteiger partial charge is 0.272 e. The van der Waals surface area contributed by atoms with Gasteiger partial charge in [0.05, 0.1) is 17.0 Å². The highest BCUT2D eigenvalue weighted by Crippen LogP contribution is 2.24. The number of nitrogens with one attached hydrogen (secondary N) is 1. The Morgan fingerprint density at radius 3 is 2.54 bits per heavy atom. The summed E-state index contributed by atoms with van der Waals surface area (Å²) in [6, 6.07) is 13.6. The number of benzene rings is 2. The maximum atomic E-state index is 14.1. The van der Waals surface area contributed by atoms with Gasteiger partial charge in [0, 0.05) is 24.0 Å². The van der Waals surface area contributed by atoms with E-state index in [1.54, 1.807) is 48.2 Å². The number of aromatic nitrogens is 2. The molecule has 0 radical (unpaired) electrons. The fourth-order valence-electron chi connectivity index (χ4n) is 3.31. The minimum atomic E-state index is -0.564. The van der Waals surface area contributed by atoms with Crippen LogP contribution in [0.5, 0.6) is 0 Å². The number of nitrogens with zero attached hydrogens (tertiary/aromatic N) is 2. The average Bonchev–Trinajstić information content (AvgIpc) is 2.72. The van der Waals surface area contributed by atoms with E-state index in [1.807, 2.05) is 13.0 Å². The van der Waals surface area contributed by atoms with Crippen molar-refractivity contribution >= 4 is 16.7 Å². The Morgan fingerprint density at radius 2 is 1.82 bits per heavy atom. The number of halogens is 1. The third-order valence-electron chi connectivity index (χ3n) is 4.92. The number of hydrogen-bond donors (Lipinski definition) is 1. The third-order valence-corrected chi connectivity index (χ3v) is 4.92. The van der Waals surface area contributed by atoms with Crippen molar-refractivity contribution in [3.8, 4) is 0 Å². The second-order valence-electron chi connectivity index (χ2n) is 6.91. The number of rotatable bonds is 7. The number of fused-ring (bicyclic) bond motifs is 1. The van der Waals surface area contributed by atoms with E-state index in [0.717, 1.165) is 12.8 Å². The molecule has 1 amide bonds. The number of hydrogen-bond acceptors (Lipinski definition) is 3. The molecule has 5 nitrogen and oxygen atoms in total. The predicted molar refractivity (Wildman–Crippen MR) is 108 cm³/mol. The van der Waals surface area contributed by atoms with Crippen LogP contribution in [0.25, 0.3) is 10.8 Å². The molecular weight excluding hydrogens is 357 g/mol. The fraction of sp³-hybridized carbons (Fsp3) is 0.318. The first-order valence-electron chi connectivity index (χ1n) is 9.52. The molecule has 0 unspecified atom stereocenters. The zero-order valence-corrected chi connectivity index (χ0v) is 16.1. The normalized spacial score (nSPS) is 12.1. The lowest BCUT2D eigenvalue weighted by atomic mass is 9.99. The highest BCUT2D eigenvalue weighted by Gasteiger charge is 2.25. The van der Waals surface area contributed by atoms with Gasteiger partial charge >= 0.3 is 0 Å². The number of H-pyrrole nitrogens is 1. The van der Waals surface area contributed by atoms with Crippen LogP contribution in [0.2, 0.25) is 0 Å². The highest BCUT2D eigenvalue weighted by atomic mass is 19.1. The number of amides is 1. The predicted octanol–water partition coefficient (Wildman–Crippen LogP) is 3.99. The molecule has 0 bridgehead atoms. The molecule has 0 spiro atoms. The van der Waals surface area contributed by atoms with Crippen molar-refractivity contribution in [3.63, 3.8) is 0 Å². The van der Waals surface area contributed by atoms with E-state index in [-0.39, 0.29) is 23.8 Å². The van der Waals surface area contributed by atoms with Crippen LogP contribution in [0, 0.1) is 5.82 Å². The summed E-state index contributed by atoms with van der Waals surface area (Å²) in [4.78, 5) is 27.0. The zero-order valence-electron chi connectivity index (χ0n) is 16.1. The van der Waals surface area contributed by atoms with Gasteiger partial charge in [0.25, 0.3) is 5.56 Å². The Balaban J connectivity index is 1.93. The molecule has 6 heteroatoms. The molecule has 0 fully saturated rings. The largest absolute Gasteiger partial charge is 0.338 e. The quantitative estimate of drug-likeness (QED) is 0.673. The number of carbonyl (C=O) groups is 1. The van der Waals surface area contributed by atoms with Crippen LogP contribution >= 0.6 is 0 Å². The van der Waals surface area contributed by atoms with Crippen molar-refractivity contribution in [2.24, 2.45) is 0 Å². The topological polar surface area (TPSA) is 66.1 Å². The standard InChI is InChI=1S/C22H24FN3O2/c1-3-4-13-26(14-16-9-5-8-12-19(16)23)22(28)15(2)20-17-10-6-7-11-18(17)21(27)25-24-20/h5-12,15H,3-4,13-14H2,1-2H3,(H,25,27)/t15-/m0/s1.